The van der Waals surface area contributed by atoms with Crippen molar-refractivity contribution in [1.29, 1.82) is 5.26 Å². The molecular formula is C16H22N2O. The molecule has 0 aromatic heterocycles. The number of benzene rings is 1. The highest BCUT2D eigenvalue weighted by atomic mass is 16.5. The fourth-order valence-electron chi connectivity index (χ4n) is 2.89. The van der Waals surface area contributed by atoms with Crippen LogP contribution in [0.1, 0.15) is 44.6 Å². The average Bonchev–Trinajstić information content (AvgIpc) is 2.71. The Labute approximate surface area is 115 Å². The quantitative estimate of drug-likeness (QED) is 0.829. The molecule has 0 bridgehead atoms. The first-order valence-electron chi connectivity index (χ1n) is 7.15. The first-order valence-corrected chi connectivity index (χ1v) is 7.15. The van der Waals surface area contributed by atoms with Crippen molar-refractivity contribution in [2.45, 2.75) is 45.1 Å². The van der Waals surface area contributed by atoms with Crippen LogP contribution in [0, 0.1) is 11.3 Å². The molecule has 3 nitrogen and oxygen atoms in total. The molecule has 1 aliphatic heterocycles. The van der Waals surface area contributed by atoms with E-state index in [0.717, 1.165) is 30.0 Å². The van der Waals surface area contributed by atoms with Gasteiger partial charge in [-0.05, 0) is 31.4 Å². The second-order valence-electron chi connectivity index (χ2n) is 5.10. The van der Waals surface area contributed by atoms with E-state index in [1.54, 1.807) is 7.11 Å². The third kappa shape index (κ3) is 3.01. The first-order chi connectivity index (χ1) is 9.30. The summed E-state index contributed by atoms with van der Waals surface area (Å²) in [5.74, 6) is 0.827. The molecule has 2 rings (SSSR count). The van der Waals surface area contributed by atoms with Crippen molar-refractivity contribution in [3.63, 3.8) is 0 Å². The van der Waals surface area contributed by atoms with Crippen LogP contribution < -0.4 is 9.64 Å². The molecule has 1 atom stereocenters. The van der Waals surface area contributed by atoms with Crippen LogP contribution in [-0.2, 0) is 0 Å². The fraction of sp³-hybridized carbons (Fsp3) is 0.562. The highest BCUT2D eigenvalue weighted by Crippen LogP contribution is 2.31. The maximum atomic E-state index is 9.32. The molecule has 0 N–H and O–H groups in total. The Bertz CT molecular complexity index is 464. The minimum absolute atomic E-state index is 0.543. The van der Waals surface area contributed by atoms with Crippen molar-refractivity contribution >= 4 is 5.69 Å². The molecule has 0 aliphatic carbocycles. The van der Waals surface area contributed by atoms with Crippen molar-refractivity contribution in [2.75, 3.05) is 18.6 Å². The third-order valence-electron chi connectivity index (χ3n) is 3.98. The summed E-state index contributed by atoms with van der Waals surface area (Å²) < 4.78 is 5.31. The van der Waals surface area contributed by atoms with E-state index in [4.69, 9.17) is 4.74 Å². The molecule has 1 aromatic rings. The molecule has 0 spiro atoms. The highest BCUT2D eigenvalue weighted by molar-refractivity contribution is 5.62. The van der Waals surface area contributed by atoms with Crippen LogP contribution in [0.3, 0.4) is 0 Å². The zero-order valence-electron chi connectivity index (χ0n) is 11.9. The third-order valence-corrected chi connectivity index (χ3v) is 3.98. The van der Waals surface area contributed by atoms with Crippen molar-refractivity contribution in [3.8, 4) is 11.8 Å². The largest absolute Gasteiger partial charge is 0.497 e. The Morgan fingerprint density at radius 3 is 2.89 bits per heavy atom. The molecular weight excluding hydrogens is 236 g/mol. The van der Waals surface area contributed by atoms with E-state index >= 15 is 0 Å². The molecule has 0 radical (unpaired) electrons. The number of nitrogens with zero attached hydrogens (tertiary/aromatic N) is 2. The van der Waals surface area contributed by atoms with E-state index in [2.05, 4.69) is 17.9 Å². The smallest absolute Gasteiger partial charge is 0.121 e. The Kier molecular flexibility index (Phi) is 4.68. The van der Waals surface area contributed by atoms with Gasteiger partial charge in [-0.1, -0.05) is 19.8 Å². The van der Waals surface area contributed by atoms with Gasteiger partial charge in [-0.3, -0.25) is 0 Å². The Morgan fingerprint density at radius 2 is 2.21 bits per heavy atom. The molecule has 1 unspecified atom stereocenters. The highest BCUT2D eigenvalue weighted by Gasteiger charge is 2.22. The van der Waals surface area contributed by atoms with Crippen LogP contribution in [0.4, 0.5) is 5.69 Å². The summed E-state index contributed by atoms with van der Waals surface area (Å²) in [6.45, 7) is 3.27. The summed E-state index contributed by atoms with van der Waals surface area (Å²) in [6.07, 6.45) is 6.14. The summed E-state index contributed by atoms with van der Waals surface area (Å²) in [4.78, 5) is 2.41. The van der Waals surface area contributed by atoms with Crippen LogP contribution in [-0.4, -0.2) is 19.7 Å². The number of anilines is 1. The topological polar surface area (TPSA) is 36.3 Å². The van der Waals surface area contributed by atoms with Gasteiger partial charge in [0, 0.05) is 18.7 Å². The van der Waals surface area contributed by atoms with Gasteiger partial charge in [0.25, 0.3) is 0 Å². The summed E-state index contributed by atoms with van der Waals surface area (Å²) in [6, 6.07) is 8.59. The Hall–Kier alpha value is -1.69. The van der Waals surface area contributed by atoms with Crippen LogP contribution in [0.2, 0.25) is 0 Å². The zero-order chi connectivity index (χ0) is 13.7. The lowest BCUT2D eigenvalue weighted by molar-refractivity contribution is 0.414. The maximum Gasteiger partial charge on any atom is 0.121 e. The molecule has 102 valence electrons. The Balaban J connectivity index is 2.39. The van der Waals surface area contributed by atoms with E-state index in [1.165, 1.54) is 25.7 Å². The van der Waals surface area contributed by atoms with Gasteiger partial charge >= 0.3 is 0 Å². The van der Waals surface area contributed by atoms with Gasteiger partial charge in [-0.2, -0.15) is 5.26 Å². The molecule has 0 saturated carbocycles. The molecule has 0 amide bonds. The number of rotatable bonds is 3. The minimum Gasteiger partial charge on any atom is -0.497 e. The first kappa shape index (κ1) is 13.7. The number of ether oxygens (including phenoxy) is 1. The molecule has 1 saturated heterocycles. The zero-order valence-corrected chi connectivity index (χ0v) is 11.9. The monoisotopic (exact) mass is 258 g/mol. The van der Waals surface area contributed by atoms with E-state index < -0.39 is 0 Å². The van der Waals surface area contributed by atoms with Crippen molar-refractivity contribution in [3.05, 3.63) is 23.8 Å². The van der Waals surface area contributed by atoms with Gasteiger partial charge in [0.1, 0.15) is 11.8 Å². The Morgan fingerprint density at radius 1 is 1.37 bits per heavy atom. The number of hydrogen-bond donors (Lipinski definition) is 0. The predicted molar refractivity (Wildman–Crippen MR) is 77.6 cm³/mol. The predicted octanol–water partition coefficient (Wildman–Crippen LogP) is 3.73. The molecule has 1 fully saturated rings. The number of methoxy groups -OCH3 is 1. The molecule has 19 heavy (non-hydrogen) atoms. The minimum atomic E-state index is 0.543. The second kappa shape index (κ2) is 6.47. The van der Waals surface area contributed by atoms with Crippen molar-refractivity contribution in [2.24, 2.45) is 0 Å². The summed E-state index contributed by atoms with van der Waals surface area (Å²) in [7, 11) is 1.67. The summed E-state index contributed by atoms with van der Waals surface area (Å²) in [5.41, 5.74) is 1.79. The molecule has 1 aromatic carbocycles. The van der Waals surface area contributed by atoms with Crippen LogP contribution in [0.5, 0.6) is 5.75 Å². The summed E-state index contributed by atoms with van der Waals surface area (Å²) in [5, 5.41) is 9.32. The average molecular weight is 258 g/mol. The number of nitriles is 1. The van der Waals surface area contributed by atoms with Gasteiger partial charge in [0.15, 0.2) is 0 Å². The maximum absolute atomic E-state index is 9.32. The lowest BCUT2D eigenvalue weighted by atomic mass is 10.1. The molecule has 1 heterocycles. The summed E-state index contributed by atoms with van der Waals surface area (Å²) >= 11 is 0. The standard InChI is InChI=1S/C16H22N2O/c1-3-14-7-5-4-6-10-18(14)16-11-15(19-2)9-8-13(16)12-17/h8-9,11,14H,3-7,10H2,1-2H3. The SMILES string of the molecule is CCC1CCCCCN1c1cc(OC)ccc1C#N. The second-order valence-corrected chi connectivity index (χ2v) is 5.10. The van der Waals surface area contributed by atoms with Gasteiger partial charge in [0.05, 0.1) is 18.4 Å². The van der Waals surface area contributed by atoms with Gasteiger partial charge in [-0.15, -0.1) is 0 Å². The van der Waals surface area contributed by atoms with Crippen LogP contribution in [0.25, 0.3) is 0 Å². The normalized spacial score (nSPS) is 19.6. The van der Waals surface area contributed by atoms with Gasteiger partial charge in [-0.25, -0.2) is 0 Å². The van der Waals surface area contributed by atoms with E-state index in [9.17, 15) is 5.26 Å². The van der Waals surface area contributed by atoms with Gasteiger partial charge in [0.2, 0.25) is 0 Å². The van der Waals surface area contributed by atoms with E-state index in [-0.39, 0.29) is 0 Å². The van der Waals surface area contributed by atoms with Crippen LogP contribution in [0.15, 0.2) is 18.2 Å². The molecule has 3 heteroatoms. The fourth-order valence-corrected chi connectivity index (χ4v) is 2.89. The lowest BCUT2D eigenvalue weighted by Crippen LogP contribution is -2.34. The van der Waals surface area contributed by atoms with Crippen LogP contribution >= 0.6 is 0 Å². The van der Waals surface area contributed by atoms with Crippen molar-refractivity contribution in [1.82, 2.24) is 0 Å². The number of hydrogen-bond acceptors (Lipinski definition) is 3. The van der Waals surface area contributed by atoms with E-state index in [1.807, 2.05) is 18.2 Å². The van der Waals surface area contributed by atoms with E-state index in [0.29, 0.717) is 6.04 Å². The lowest BCUT2D eigenvalue weighted by Gasteiger charge is -2.32. The van der Waals surface area contributed by atoms with Gasteiger partial charge < -0.3 is 9.64 Å². The van der Waals surface area contributed by atoms with Crippen molar-refractivity contribution < 1.29 is 4.74 Å². The molecule has 1 aliphatic rings.